The Bertz CT molecular complexity index is 908. The number of hydrogen-bond donors (Lipinski definition) is 1. The average molecular weight is 368 g/mol. The van der Waals surface area contributed by atoms with E-state index in [0.717, 1.165) is 12.8 Å². The SMILES string of the molecule is CCCCn1c(S[C@@H]2CS(=O)(=O)C[C@H]2O)nc2ccccc2c1=O. The third kappa shape index (κ3) is 3.50. The Kier molecular flexibility index (Phi) is 4.98. The van der Waals surface area contributed by atoms with Gasteiger partial charge >= 0.3 is 0 Å². The number of thioether (sulfide) groups is 1. The van der Waals surface area contributed by atoms with Crippen LogP contribution in [-0.4, -0.2) is 45.9 Å². The van der Waals surface area contributed by atoms with Crippen LogP contribution in [-0.2, 0) is 16.4 Å². The first-order chi connectivity index (χ1) is 11.4. The highest BCUT2D eigenvalue weighted by atomic mass is 32.2. The van der Waals surface area contributed by atoms with Gasteiger partial charge in [0.25, 0.3) is 5.56 Å². The van der Waals surface area contributed by atoms with Crippen LogP contribution in [0.15, 0.2) is 34.2 Å². The first-order valence-corrected chi connectivity index (χ1v) is 10.7. The minimum absolute atomic E-state index is 0.0880. The molecule has 1 N–H and O–H groups in total. The number of aliphatic hydroxyl groups excluding tert-OH is 1. The molecule has 0 saturated carbocycles. The van der Waals surface area contributed by atoms with Gasteiger partial charge in [-0.15, -0.1) is 0 Å². The molecule has 24 heavy (non-hydrogen) atoms. The van der Waals surface area contributed by atoms with Crippen molar-refractivity contribution in [1.29, 1.82) is 0 Å². The third-order valence-corrected chi connectivity index (χ3v) is 7.32. The predicted octanol–water partition coefficient (Wildman–Crippen LogP) is 1.45. The van der Waals surface area contributed by atoms with E-state index < -0.39 is 21.2 Å². The van der Waals surface area contributed by atoms with Crippen molar-refractivity contribution in [3.8, 4) is 0 Å². The van der Waals surface area contributed by atoms with Crippen LogP contribution < -0.4 is 5.56 Å². The molecular weight excluding hydrogens is 348 g/mol. The largest absolute Gasteiger partial charge is 0.391 e. The van der Waals surface area contributed by atoms with Crippen LogP contribution in [0.2, 0.25) is 0 Å². The molecular formula is C16H20N2O4S2. The number of para-hydroxylation sites is 1. The minimum Gasteiger partial charge on any atom is -0.391 e. The summed E-state index contributed by atoms with van der Waals surface area (Å²) < 4.78 is 25.0. The predicted molar refractivity (Wildman–Crippen MR) is 95.2 cm³/mol. The lowest BCUT2D eigenvalue weighted by atomic mass is 10.2. The fourth-order valence-corrected chi connectivity index (χ4v) is 6.40. The van der Waals surface area contributed by atoms with Gasteiger partial charge in [-0.3, -0.25) is 9.36 Å². The molecule has 0 bridgehead atoms. The highest BCUT2D eigenvalue weighted by Crippen LogP contribution is 2.30. The van der Waals surface area contributed by atoms with Crippen molar-refractivity contribution in [2.24, 2.45) is 0 Å². The number of sulfone groups is 1. The smallest absolute Gasteiger partial charge is 0.262 e. The van der Waals surface area contributed by atoms with Crippen molar-refractivity contribution in [3.63, 3.8) is 0 Å². The van der Waals surface area contributed by atoms with E-state index in [-0.39, 0.29) is 17.1 Å². The van der Waals surface area contributed by atoms with Crippen LogP contribution in [0.4, 0.5) is 0 Å². The van der Waals surface area contributed by atoms with Gasteiger partial charge < -0.3 is 5.11 Å². The first kappa shape index (κ1) is 17.4. The van der Waals surface area contributed by atoms with E-state index in [1.807, 2.05) is 13.0 Å². The average Bonchev–Trinajstić information content (AvgIpc) is 2.79. The molecule has 2 aromatic rings. The first-order valence-electron chi connectivity index (χ1n) is 7.96. The van der Waals surface area contributed by atoms with Crippen molar-refractivity contribution < 1.29 is 13.5 Å². The summed E-state index contributed by atoms with van der Waals surface area (Å²) in [5, 5.41) is 10.6. The molecule has 0 spiro atoms. The summed E-state index contributed by atoms with van der Waals surface area (Å²) in [6.07, 6.45) is 0.839. The molecule has 1 fully saturated rings. The van der Waals surface area contributed by atoms with Crippen LogP contribution in [0, 0.1) is 0 Å². The summed E-state index contributed by atoms with van der Waals surface area (Å²) in [4.78, 5) is 17.3. The second-order valence-electron chi connectivity index (χ2n) is 6.02. The fourth-order valence-electron chi connectivity index (χ4n) is 2.80. The standard InChI is InChI=1S/C16H20N2O4S2/c1-2-3-8-18-15(20)11-6-4-5-7-12(11)17-16(18)23-14-10-24(21,22)9-13(14)19/h4-7,13-14,19H,2-3,8-10H2,1H3/t13-,14-/m1/s1. The van der Waals surface area contributed by atoms with E-state index in [4.69, 9.17) is 0 Å². The highest BCUT2D eigenvalue weighted by molar-refractivity contribution is 8.01. The van der Waals surface area contributed by atoms with Gasteiger partial charge in [-0.2, -0.15) is 0 Å². The topological polar surface area (TPSA) is 89.3 Å². The molecule has 0 radical (unpaired) electrons. The Labute approximate surface area is 144 Å². The Hall–Kier alpha value is -1.38. The number of unbranched alkanes of at least 4 members (excludes halogenated alkanes) is 1. The number of aromatic nitrogens is 2. The summed E-state index contributed by atoms with van der Waals surface area (Å²) in [5.41, 5.74) is 0.472. The number of aliphatic hydroxyl groups is 1. The molecule has 6 nitrogen and oxygen atoms in total. The minimum atomic E-state index is -3.23. The molecule has 1 aromatic heterocycles. The van der Waals surface area contributed by atoms with E-state index in [1.54, 1.807) is 22.8 Å². The maximum absolute atomic E-state index is 12.8. The van der Waals surface area contributed by atoms with Gasteiger partial charge in [0.15, 0.2) is 15.0 Å². The van der Waals surface area contributed by atoms with Crippen LogP contribution in [0.1, 0.15) is 19.8 Å². The molecule has 8 heteroatoms. The quantitative estimate of drug-likeness (QED) is 0.804. The second-order valence-corrected chi connectivity index (χ2v) is 9.38. The highest BCUT2D eigenvalue weighted by Gasteiger charge is 2.38. The van der Waals surface area contributed by atoms with E-state index in [1.165, 1.54) is 11.8 Å². The Morgan fingerprint density at radius 2 is 2.08 bits per heavy atom. The van der Waals surface area contributed by atoms with Crippen molar-refractivity contribution >= 4 is 32.5 Å². The van der Waals surface area contributed by atoms with Gasteiger partial charge in [-0.25, -0.2) is 13.4 Å². The monoisotopic (exact) mass is 368 g/mol. The summed E-state index contributed by atoms with van der Waals surface area (Å²) in [7, 11) is -3.23. The van der Waals surface area contributed by atoms with E-state index in [9.17, 15) is 18.3 Å². The van der Waals surface area contributed by atoms with Crippen molar-refractivity contribution in [2.45, 2.75) is 42.8 Å². The Morgan fingerprint density at radius 1 is 1.33 bits per heavy atom. The Balaban J connectivity index is 2.03. The zero-order chi connectivity index (χ0) is 17.3. The number of fused-ring (bicyclic) bond motifs is 1. The second kappa shape index (κ2) is 6.85. The van der Waals surface area contributed by atoms with Gasteiger partial charge in [0, 0.05) is 6.54 Å². The molecule has 1 saturated heterocycles. The zero-order valence-electron chi connectivity index (χ0n) is 13.4. The van der Waals surface area contributed by atoms with Gasteiger partial charge in [0.05, 0.1) is 33.8 Å². The van der Waals surface area contributed by atoms with Gasteiger partial charge in [0.1, 0.15) is 0 Å². The molecule has 0 amide bonds. The number of hydrogen-bond acceptors (Lipinski definition) is 6. The molecule has 3 rings (SSSR count). The van der Waals surface area contributed by atoms with Crippen molar-refractivity contribution in [1.82, 2.24) is 9.55 Å². The van der Waals surface area contributed by atoms with E-state index in [0.29, 0.717) is 22.6 Å². The lowest BCUT2D eigenvalue weighted by Crippen LogP contribution is -2.26. The van der Waals surface area contributed by atoms with Gasteiger partial charge in [-0.05, 0) is 18.6 Å². The number of benzene rings is 1. The summed E-state index contributed by atoms with van der Waals surface area (Å²) in [6.45, 7) is 2.57. The molecule has 2 atom stereocenters. The molecule has 0 aliphatic carbocycles. The summed E-state index contributed by atoms with van der Waals surface area (Å²) in [6, 6.07) is 7.13. The molecule has 1 aliphatic heterocycles. The number of rotatable bonds is 5. The molecule has 0 unspecified atom stereocenters. The molecule has 2 heterocycles. The molecule has 130 valence electrons. The van der Waals surface area contributed by atoms with Crippen LogP contribution >= 0.6 is 11.8 Å². The van der Waals surface area contributed by atoms with Gasteiger partial charge in [0.2, 0.25) is 0 Å². The third-order valence-electron chi connectivity index (χ3n) is 4.09. The van der Waals surface area contributed by atoms with Crippen LogP contribution in [0.3, 0.4) is 0 Å². The summed E-state index contributed by atoms with van der Waals surface area (Å²) in [5.74, 6) is -0.313. The Morgan fingerprint density at radius 3 is 2.75 bits per heavy atom. The zero-order valence-corrected chi connectivity index (χ0v) is 15.0. The maximum atomic E-state index is 12.8. The molecule has 1 aliphatic rings. The lowest BCUT2D eigenvalue weighted by molar-refractivity contribution is 0.207. The summed E-state index contributed by atoms with van der Waals surface area (Å²) >= 11 is 1.19. The normalized spacial score (nSPS) is 22.9. The van der Waals surface area contributed by atoms with E-state index in [2.05, 4.69) is 4.98 Å². The molecule has 1 aromatic carbocycles. The van der Waals surface area contributed by atoms with Crippen molar-refractivity contribution in [2.75, 3.05) is 11.5 Å². The maximum Gasteiger partial charge on any atom is 0.262 e. The van der Waals surface area contributed by atoms with E-state index >= 15 is 0 Å². The number of nitrogens with zero attached hydrogens (tertiary/aromatic N) is 2. The van der Waals surface area contributed by atoms with Crippen LogP contribution in [0.25, 0.3) is 10.9 Å². The van der Waals surface area contributed by atoms with Gasteiger partial charge in [-0.1, -0.05) is 37.2 Å². The lowest BCUT2D eigenvalue weighted by Gasteiger charge is -2.16. The van der Waals surface area contributed by atoms with Crippen molar-refractivity contribution in [3.05, 3.63) is 34.6 Å². The van der Waals surface area contributed by atoms with Crippen LogP contribution in [0.5, 0.6) is 0 Å². The fraction of sp³-hybridized carbons (Fsp3) is 0.500.